The van der Waals surface area contributed by atoms with Crippen molar-refractivity contribution < 1.29 is 17.9 Å². The van der Waals surface area contributed by atoms with Crippen molar-refractivity contribution >= 4 is 0 Å². The van der Waals surface area contributed by atoms with Gasteiger partial charge in [-0.2, -0.15) is 13.2 Å². The van der Waals surface area contributed by atoms with Crippen LogP contribution in [0.3, 0.4) is 0 Å². The molecule has 0 aromatic carbocycles. The minimum absolute atomic E-state index is 0.213. The first-order valence-electron chi connectivity index (χ1n) is 6.32. The Labute approximate surface area is 101 Å². The lowest BCUT2D eigenvalue weighted by Crippen LogP contribution is -2.41. The van der Waals surface area contributed by atoms with Gasteiger partial charge in [0.2, 0.25) is 0 Å². The Bertz CT molecular complexity index is 210. The van der Waals surface area contributed by atoms with Gasteiger partial charge in [0.15, 0.2) is 0 Å². The maximum absolute atomic E-state index is 11.9. The summed E-state index contributed by atoms with van der Waals surface area (Å²) < 4.78 is 41.3. The monoisotopic (exact) mass is 253 g/mol. The highest BCUT2D eigenvalue weighted by Gasteiger charge is 2.26. The number of hydrogen-bond acceptors (Lipinski definition) is 2. The van der Waals surface area contributed by atoms with Gasteiger partial charge >= 0.3 is 6.18 Å². The average molecular weight is 253 g/mol. The van der Waals surface area contributed by atoms with Crippen molar-refractivity contribution in [3.05, 3.63) is 0 Å². The fourth-order valence-electron chi connectivity index (χ4n) is 2.33. The summed E-state index contributed by atoms with van der Waals surface area (Å²) in [5, 5.41) is 3.32. The quantitative estimate of drug-likeness (QED) is 0.759. The molecule has 0 spiro atoms. The molecule has 1 aliphatic heterocycles. The Morgan fingerprint density at radius 2 is 1.71 bits per heavy atom. The van der Waals surface area contributed by atoms with Gasteiger partial charge in [-0.15, -0.1) is 0 Å². The van der Waals surface area contributed by atoms with Crippen molar-refractivity contribution in [2.45, 2.75) is 70.4 Å². The largest absolute Gasteiger partial charge is 0.389 e. The molecule has 0 saturated carbocycles. The van der Waals surface area contributed by atoms with Crippen LogP contribution in [0.2, 0.25) is 0 Å². The van der Waals surface area contributed by atoms with E-state index in [0.29, 0.717) is 19.0 Å². The molecule has 17 heavy (non-hydrogen) atoms. The molecule has 1 aliphatic rings. The Balaban J connectivity index is 2.06. The molecule has 1 fully saturated rings. The number of nitrogens with one attached hydrogen (secondary N) is 1. The van der Waals surface area contributed by atoms with Crippen LogP contribution in [0.4, 0.5) is 13.2 Å². The molecular formula is C12H22F3NO. The molecular weight excluding hydrogens is 231 g/mol. The van der Waals surface area contributed by atoms with Gasteiger partial charge < -0.3 is 10.1 Å². The van der Waals surface area contributed by atoms with Crippen LogP contribution < -0.4 is 5.32 Å². The maximum Gasteiger partial charge on any atom is 0.389 e. The van der Waals surface area contributed by atoms with Crippen molar-refractivity contribution in [1.82, 2.24) is 5.32 Å². The van der Waals surface area contributed by atoms with Crippen LogP contribution in [0.25, 0.3) is 0 Å². The Hall–Kier alpha value is -0.290. The molecule has 0 bridgehead atoms. The van der Waals surface area contributed by atoms with Crippen LogP contribution in [0.15, 0.2) is 0 Å². The van der Waals surface area contributed by atoms with Gasteiger partial charge in [0, 0.05) is 12.5 Å². The fraction of sp³-hybridized carbons (Fsp3) is 1.00. The first kappa shape index (κ1) is 14.8. The standard InChI is InChI=1S/C12H22F3NO/c1-9-7-11(8-10(2)17-9)16-6-4-3-5-12(13,14)15/h9-11,16H,3-8H2,1-2H3. The number of halogens is 3. The molecule has 0 aliphatic carbocycles. The molecule has 0 aromatic heterocycles. The first-order chi connectivity index (χ1) is 7.87. The van der Waals surface area contributed by atoms with E-state index in [1.807, 2.05) is 13.8 Å². The molecule has 1 N–H and O–H groups in total. The summed E-state index contributed by atoms with van der Waals surface area (Å²) in [5.41, 5.74) is 0. The third-order valence-electron chi connectivity index (χ3n) is 3.02. The summed E-state index contributed by atoms with van der Waals surface area (Å²) in [6.07, 6.45) is -1.51. The molecule has 1 heterocycles. The van der Waals surface area contributed by atoms with Gasteiger partial charge in [0.05, 0.1) is 12.2 Å². The average Bonchev–Trinajstić information content (AvgIpc) is 2.13. The Morgan fingerprint density at radius 3 is 2.24 bits per heavy atom. The summed E-state index contributed by atoms with van der Waals surface area (Å²) in [7, 11) is 0. The molecule has 2 unspecified atom stereocenters. The van der Waals surface area contributed by atoms with Gasteiger partial charge in [-0.25, -0.2) is 0 Å². The topological polar surface area (TPSA) is 21.3 Å². The van der Waals surface area contributed by atoms with E-state index in [1.54, 1.807) is 0 Å². The van der Waals surface area contributed by atoms with E-state index in [-0.39, 0.29) is 18.6 Å². The molecule has 102 valence electrons. The van der Waals surface area contributed by atoms with Gasteiger partial charge in [-0.3, -0.25) is 0 Å². The molecule has 0 radical (unpaired) electrons. The molecule has 1 saturated heterocycles. The smallest absolute Gasteiger partial charge is 0.375 e. The normalized spacial score (nSPS) is 30.5. The molecule has 5 heteroatoms. The minimum atomic E-state index is -4.01. The van der Waals surface area contributed by atoms with E-state index in [4.69, 9.17) is 4.74 Å². The van der Waals surface area contributed by atoms with Crippen molar-refractivity contribution in [3.63, 3.8) is 0 Å². The summed E-state index contributed by atoms with van der Waals surface area (Å²) in [6.45, 7) is 4.74. The molecule has 0 aromatic rings. The summed E-state index contributed by atoms with van der Waals surface area (Å²) in [5.74, 6) is 0. The van der Waals surface area contributed by atoms with Crippen LogP contribution in [-0.4, -0.2) is 31.0 Å². The lowest BCUT2D eigenvalue weighted by Gasteiger charge is -2.32. The SMILES string of the molecule is CC1CC(NCCCCC(F)(F)F)CC(C)O1. The summed E-state index contributed by atoms with van der Waals surface area (Å²) in [4.78, 5) is 0. The maximum atomic E-state index is 11.9. The van der Waals surface area contributed by atoms with E-state index >= 15 is 0 Å². The first-order valence-corrected chi connectivity index (χ1v) is 6.32. The van der Waals surface area contributed by atoms with E-state index in [1.165, 1.54) is 0 Å². The zero-order valence-corrected chi connectivity index (χ0v) is 10.5. The lowest BCUT2D eigenvalue weighted by atomic mass is 10.00. The number of unbranched alkanes of at least 4 members (excludes halogenated alkanes) is 1. The highest BCUT2D eigenvalue weighted by molar-refractivity contribution is 4.78. The van der Waals surface area contributed by atoms with E-state index in [2.05, 4.69) is 5.32 Å². The van der Waals surface area contributed by atoms with Crippen molar-refractivity contribution in [2.24, 2.45) is 0 Å². The van der Waals surface area contributed by atoms with Crippen LogP contribution in [0.5, 0.6) is 0 Å². The highest BCUT2D eigenvalue weighted by atomic mass is 19.4. The predicted molar refractivity (Wildman–Crippen MR) is 60.9 cm³/mol. The van der Waals surface area contributed by atoms with Crippen LogP contribution in [-0.2, 0) is 4.74 Å². The second kappa shape index (κ2) is 6.59. The Kier molecular flexibility index (Phi) is 5.73. The molecule has 2 atom stereocenters. The second-order valence-corrected chi connectivity index (χ2v) is 4.95. The van der Waals surface area contributed by atoms with Crippen molar-refractivity contribution in [2.75, 3.05) is 6.54 Å². The number of rotatable bonds is 5. The zero-order chi connectivity index (χ0) is 12.9. The fourth-order valence-corrected chi connectivity index (χ4v) is 2.33. The summed E-state index contributed by atoms with van der Waals surface area (Å²) in [6, 6.07) is 0.389. The summed E-state index contributed by atoms with van der Waals surface area (Å²) >= 11 is 0. The van der Waals surface area contributed by atoms with Crippen LogP contribution in [0.1, 0.15) is 46.0 Å². The van der Waals surface area contributed by atoms with E-state index in [0.717, 1.165) is 12.8 Å². The van der Waals surface area contributed by atoms with E-state index in [9.17, 15) is 13.2 Å². The predicted octanol–water partition coefficient (Wildman–Crippen LogP) is 3.26. The molecule has 1 rings (SSSR count). The minimum Gasteiger partial charge on any atom is -0.375 e. The van der Waals surface area contributed by atoms with Gasteiger partial charge in [0.25, 0.3) is 0 Å². The van der Waals surface area contributed by atoms with Crippen molar-refractivity contribution in [1.29, 1.82) is 0 Å². The molecule has 2 nitrogen and oxygen atoms in total. The van der Waals surface area contributed by atoms with Crippen molar-refractivity contribution in [3.8, 4) is 0 Å². The van der Waals surface area contributed by atoms with Crippen LogP contribution in [0, 0.1) is 0 Å². The number of ether oxygens (including phenoxy) is 1. The zero-order valence-electron chi connectivity index (χ0n) is 10.5. The van der Waals surface area contributed by atoms with E-state index < -0.39 is 12.6 Å². The Morgan fingerprint density at radius 1 is 1.12 bits per heavy atom. The second-order valence-electron chi connectivity index (χ2n) is 4.95. The molecule has 0 amide bonds. The van der Waals surface area contributed by atoms with Gasteiger partial charge in [-0.05, 0) is 46.1 Å². The lowest BCUT2D eigenvalue weighted by molar-refractivity contribution is -0.135. The number of hydrogen-bond donors (Lipinski definition) is 1. The number of alkyl halides is 3. The van der Waals surface area contributed by atoms with Gasteiger partial charge in [0.1, 0.15) is 0 Å². The highest BCUT2D eigenvalue weighted by Crippen LogP contribution is 2.22. The third kappa shape index (κ3) is 6.88. The van der Waals surface area contributed by atoms with Gasteiger partial charge in [-0.1, -0.05) is 0 Å². The third-order valence-corrected chi connectivity index (χ3v) is 3.02. The van der Waals surface area contributed by atoms with Crippen LogP contribution >= 0.6 is 0 Å².